The van der Waals surface area contributed by atoms with Gasteiger partial charge >= 0.3 is 0 Å². The molecular formula is C14H26N4. The lowest BCUT2D eigenvalue weighted by molar-refractivity contribution is 0.605. The smallest absolute Gasteiger partial charge is 0.224 e. The molecule has 0 bridgehead atoms. The van der Waals surface area contributed by atoms with Crippen LogP contribution in [0.5, 0.6) is 0 Å². The van der Waals surface area contributed by atoms with Crippen LogP contribution in [-0.2, 0) is 0 Å². The molecule has 0 saturated carbocycles. The summed E-state index contributed by atoms with van der Waals surface area (Å²) in [7, 11) is 0. The minimum absolute atomic E-state index is 0.699. The molecule has 1 aromatic rings. The van der Waals surface area contributed by atoms with Crippen molar-refractivity contribution < 1.29 is 0 Å². The average molecular weight is 250 g/mol. The van der Waals surface area contributed by atoms with E-state index in [1.165, 1.54) is 0 Å². The fraction of sp³-hybridized carbons (Fsp3) is 0.714. The molecule has 1 rings (SSSR count). The zero-order chi connectivity index (χ0) is 13.5. The molecule has 1 aromatic heterocycles. The number of hydrogen-bond acceptors (Lipinski definition) is 4. The number of anilines is 2. The van der Waals surface area contributed by atoms with Gasteiger partial charge in [-0.15, -0.1) is 0 Å². The summed E-state index contributed by atoms with van der Waals surface area (Å²) in [6, 6.07) is 2.04. The first-order chi connectivity index (χ1) is 8.56. The summed E-state index contributed by atoms with van der Waals surface area (Å²) in [4.78, 5) is 11.2. The van der Waals surface area contributed by atoms with Gasteiger partial charge in [-0.3, -0.25) is 0 Å². The van der Waals surface area contributed by atoms with Crippen LogP contribution in [0, 0.1) is 12.8 Å². The maximum absolute atomic E-state index is 4.58. The van der Waals surface area contributed by atoms with Crippen molar-refractivity contribution in [1.29, 1.82) is 0 Å². The maximum Gasteiger partial charge on any atom is 0.224 e. The fourth-order valence-electron chi connectivity index (χ4n) is 1.81. The number of hydrogen-bond donors (Lipinski definition) is 1. The molecule has 0 atom stereocenters. The Bertz CT molecular complexity index is 359. The van der Waals surface area contributed by atoms with Crippen LogP contribution in [-0.4, -0.2) is 29.6 Å². The number of nitrogens with one attached hydrogen (secondary N) is 1. The van der Waals surface area contributed by atoms with Gasteiger partial charge < -0.3 is 10.2 Å². The first kappa shape index (κ1) is 14.7. The Morgan fingerprint density at radius 1 is 1.22 bits per heavy atom. The quantitative estimate of drug-likeness (QED) is 0.807. The molecule has 0 spiro atoms. The summed E-state index contributed by atoms with van der Waals surface area (Å²) in [6.45, 7) is 13.6. The van der Waals surface area contributed by atoms with Gasteiger partial charge in [-0.25, -0.2) is 4.98 Å². The van der Waals surface area contributed by atoms with Gasteiger partial charge in [-0.05, 0) is 33.1 Å². The van der Waals surface area contributed by atoms with E-state index in [2.05, 4.69) is 47.9 Å². The highest BCUT2D eigenvalue weighted by atomic mass is 15.2. The number of rotatable bonds is 7. The predicted molar refractivity (Wildman–Crippen MR) is 78.3 cm³/mol. The number of aryl methyl sites for hydroxylation is 1. The molecule has 0 fully saturated rings. The minimum atomic E-state index is 0.699. The predicted octanol–water partition coefficient (Wildman–Crippen LogP) is 3.09. The molecule has 0 saturated heterocycles. The minimum Gasteiger partial charge on any atom is -0.357 e. The molecule has 1 N–H and O–H groups in total. The van der Waals surface area contributed by atoms with E-state index in [0.717, 1.165) is 43.5 Å². The van der Waals surface area contributed by atoms with Gasteiger partial charge in [-0.1, -0.05) is 13.8 Å². The summed E-state index contributed by atoms with van der Waals surface area (Å²) < 4.78 is 0. The van der Waals surface area contributed by atoms with Gasteiger partial charge in [0.05, 0.1) is 0 Å². The molecular weight excluding hydrogens is 224 g/mol. The van der Waals surface area contributed by atoms with Gasteiger partial charge in [-0.2, -0.15) is 4.98 Å². The van der Waals surface area contributed by atoms with Crippen LogP contribution in [0.25, 0.3) is 0 Å². The summed E-state index contributed by atoms with van der Waals surface area (Å²) in [5.74, 6) is 2.46. The first-order valence-electron chi connectivity index (χ1n) is 6.91. The molecule has 102 valence electrons. The highest BCUT2D eigenvalue weighted by molar-refractivity contribution is 5.44. The van der Waals surface area contributed by atoms with Crippen molar-refractivity contribution in [2.75, 3.05) is 29.9 Å². The molecule has 0 aliphatic carbocycles. The van der Waals surface area contributed by atoms with E-state index in [1.54, 1.807) is 0 Å². The Morgan fingerprint density at radius 3 is 2.44 bits per heavy atom. The van der Waals surface area contributed by atoms with Crippen LogP contribution in [0.2, 0.25) is 0 Å². The highest BCUT2D eigenvalue weighted by Crippen LogP contribution is 2.14. The molecule has 0 aliphatic heterocycles. The van der Waals surface area contributed by atoms with Crippen LogP contribution >= 0.6 is 0 Å². The fourth-order valence-corrected chi connectivity index (χ4v) is 1.81. The molecule has 4 heteroatoms. The van der Waals surface area contributed by atoms with Gasteiger partial charge in [0, 0.05) is 31.4 Å². The monoisotopic (exact) mass is 250 g/mol. The second-order valence-corrected chi connectivity index (χ2v) is 4.97. The second-order valence-electron chi connectivity index (χ2n) is 4.97. The summed E-state index contributed by atoms with van der Waals surface area (Å²) in [5.41, 5.74) is 1.01. The van der Waals surface area contributed by atoms with Crippen LogP contribution in [0.3, 0.4) is 0 Å². The Balaban J connectivity index is 2.74. The van der Waals surface area contributed by atoms with Crippen molar-refractivity contribution in [2.24, 2.45) is 5.92 Å². The van der Waals surface area contributed by atoms with E-state index in [9.17, 15) is 0 Å². The lowest BCUT2D eigenvalue weighted by Crippen LogP contribution is -2.23. The molecule has 0 aromatic carbocycles. The van der Waals surface area contributed by atoms with Crippen molar-refractivity contribution in [1.82, 2.24) is 9.97 Å². The maximum atomic E-state index is 4.58. The van der Waals surface area contributed by atoms with Gasteiger partial charge in [0.2, 0.25) is 5.95 Å². The zero-order valence-corrected chi connectivity index (χ0v) is 12.3. The van der Waals surface area contributed by atoms with Crippen LogP contribution in [0.15, 0.2) is 6.07 Å². The van der Waals surface area contributed by atoms with Crippen molar-refractivity contribution in [2.45, 2.75) is 41.0 Å². The third-order valence-corrected chi connectivity index (χ3v) is 2.93. The summed E-state index contributed by atoms with van der Waals surface area (Å²) >= 11 is 0. The van der Waals surface area contributed by atoms with E-state index in [0.29, 0.717) is 5.92 Å². The average Bonchev–Trinajstić information content (AvgIpc) is 2.29. The van der Waals surface area contributed by atoms with Gasteiger partial charge in [0.1, 0.15) is 5.82 Å². The van der Waals surface area contributed by atoms with E-state index in [1.807, 2.05) is 13.0 Å². The van der Waals surface area contributed by atoms with E-state index >= 15 is 0 Å². The molecule has 0 radical (unpaired) electrons. The lowest BCUT2D eigenvalue weighted by Gasteiger charge is -2.20. The van der Waals surface area contributed by atoms with Crippen molar-refractivity contribution in [3.63, 3.8) is 0 Å². The van der Waals surface area contributed by atoms with Crippen molar-refractivity contribution in [3.05, 3.63) is 11.8 Å². The van der Waals surface area contributed by atoms with Crippen molar-refractivity contribution >= 4 is 11.8 Å². The zero-order valence-electron chi connectivity index (χ0n) is 12.3. The molecule has 18 heavy (non-hydrogen) atoms. The highest BCUT2D eigenvalue weighted by Gasteiger charge is 2.07. The molecule has 4 nitrogen and oxygen atoms in total. The third kappa shape index (κ3) is 4.51. The van der Waals surface area contributed by atoms with Gasteiger partial charge in [0.15, 0.2) is 0 Å². The Morgan fingerprint density at radius 2 is 1.89 bits per heavy atom. The molecule has 1 heterocycles. The third-order valence-electron chi connectivity index (χ3n) is 2.93. The van der Waals surface area contributed by atoms with E-state index < -0.39 is 0 Å². The SMILES string of the molecule is CCN(CC)c1cc(C)nc(NCCC(C)C)n1. The van der Waals surface area contributed by atoms with E-state index in [-0.39, 0.29) is 0 Å². The lowest BCUT2D eigenvalue weighted by atomic mass is 10.1. The summed E-state index contributed by atoms with van der Waals surface area (Å²) in [6.07, 6.45) is 1.14. The molecule has 0 amide bonds. The van der Waals surface area contributed by atoms with Crippen LogP contribution < -0.4 is 10.2 Å². The van der Waals surface area contributed by atoms with Crippen LogP contribution in [0.1, 0.15) is 39.8 Å². The molecule has 0 unspecified atom stereocenters. The number of nitrogens with zero attached hydrogens (tertiary/aromatic N) is 3. The molecule has 0 aliphatic rings. The van der Waals surface area contributed by atoms with Crippen LogP contribution in [0.4, 0.5) is 11.8 Å². The normalized spacial score (nSPS) is 10.8. The van der Waals surface area contributed by atoms with Gasteiger partial charge in [0.25, 0.3) is 0 Å². The topological polar surface area (TPSA) is 41.1 Å². The Hall–Kier alpha value is -1.32. The largest absolute Gasteiger partial charge is 0.357 e. The second kappa shape index (κ2) is 7.19. The standard InChI is InChI=1S/C14H26N4/c1-6-18(7-2)13-10-12(5)16-14(17-13)15-9-8-11(3)4/h10-11H,6-9H2,1-5H3,(H,15,16,17). The first-order valence-corrected chi connectivity index (χ1v) is 6.91. The number of aromatic nitrogens is 2. The van der Waals surface area contributed by atoms with E-state index in [4.69, 9.17) is 0 Å². The Labute approximate surface area is 111 Å². The Kier molecular flexibility index (Phi) is 5.89. The van der Waals surface area contributed by atoms with Crippen molar-refractivity contribution in [3.8, 4) is 0 Å². The summed E-state index contributed by atoms with van der Waals surface area (Å²) in [5, 5.41) is 3.31.